The molecule has 12 heavy (non-hydrogen) atoms. The van der Waals surface area contributed by atoms with E-state index in [4.69, 9.17) is 11.6 Å². The molecule has 0 atom stereocenters. The van der Waals surface area contributed by atoms with Crippen LogP contribution in [-0.2, 0) is 10.0 Å². The minimum Gasteiger partial charge on any atom is -0.387 e. The second kappa shape index (κ2) is 3.14. The van der Waals surface area contributed by atoms with Crippen molar-refractivity contribution >= 4 is 21.6 Å². The predicted octanol–water partition coefficient (Wildman–Crippen LogP) is -0.0308. The van der Waals surface area contributed by atoms with Gasteiger partial charge in [0.05, 0.1) is 5.60 Å². The van der Waals surface area contributed by atoms with Gasteiger partial charge in [-0.3, -0.25) is 0 Å². The molecule has 1 N–H and O–H groups in total. The highest BCUT2D eigenvalue weighted by Crippen LogP contribution is 2.27. The summed E-state index contributed by atoms with van der Waals surface area (Å²) in [5.41, 5.74) is -0.820. The van der Waals surface area contributed by atoms with Gasteiger partial charge in [0.25, 0.3) is 0 Å². The third kappa shape index (κ3) is 1.74. The molecule has 0 aliphatic carbocycles. The topological polar surface area (TPSA) is 57.6 Å². The van der Waals surface area contributed by atoms with Crippen molar-refractivity contribution in [2.24, 2.45) is 0 Å². The van der Waals surface area contributed by atoms with Gasteiger partial charge in [-0.2, -0.15) is 4.31 Å². The summed E-state index contributed by atoms with van der Waals surface area (Å²) in [6.07, 6.45) is 0.571. The molecule has 0 unspecified atom stereocenters. The molecular weight excluding hydrogens is 202 g/mol. The van der Waals surface area contributed by atoms with Gasteiger partial charge in [0.2, 0.25) is 10.0 Å². The average molecular weight is 214 g/mol. The maximum absolute atomic E-state index is 11.1. The van der Waals surface area contributed by atoms with E-state index in [0.29, 0.717) is 6.42 Å². The van der Waals surface area contributed by atoms with Crippen molar-refractivity contribution in [1.82, 2.24) is 4.31 Å². The van der Waals surface area contributed by atoms with E-state index in [1.807, 2.05) is 6.92 Å². The van der Waals surface area contributed by atoms with E-state index in [1.165, 1.54) is 4.31 Å². The Bertz CT molecular complexity index is 258. The number of nitrogens with zero attached hydrogens (tertiary/aromatic N) is 1. The van der Waals surface area contributed by atoms with Crippen LogP contribution in [0.1, 0.15) is 13.3 Å². The highest BCUT2D eigenvalue weighted by atomic mass is 35.5. The molecule has 0 aromatic carbocycles. The van der Waals surface area contributed by atoms with Crippen LogP contribution in [0.25, 0.3) is 0 Å². The Labute approximate surface area is 77.2 Å². The van der Waals surface area contributed by atoms with Crippen LogP contribution in [0.4, 0.5) is 0 Å². The highest BCUT2D eigenvalue weighted by Gasteiger charge is 2.44. The molecule has 1 heterocycles. The molecule has 0 radical (unpaired) electrons. The van der Waals surface area contributed by atoms with E-state index >= 15 is 0 Å². The summed E-state index contributed by atoms with van der Waals surface area (Å²) in [5.74, 6) is 0. The summed E-state index contributed by atoms with van der Waals surface area (Å²) in [6, 6.07) is 0. The molecule has 0 aromatic heterocycles. The average Bonchev–Trinajstić information content (AvgIpc) is 1.98. The summed E-state index contributed by atoms with van der Waals surface area (Å²) in [5, 5.41) is 9.09. The lowest BCUT2D eigenvalue weighted by Gasteiger charge is -2.44. The number of halogens is 1. The van der Waals surface area contributed by atoms with Crippen molar-refractivity contribution in [3.63, 3.8) is 0 Å². The Hall–Kier alpha value is 0.160. The van der Waals surface area contributed by atoms with Crippen molar-refractivity contribution < 1.29 is 13.5 Å². The molecule has 1 aliphatic heterocycles. The Morgan fingerprint density at radius 2 is 2.08 bits per heavy atom. The monoisotopic (exact) mass is 213 g/mol. The summed E-state index contributed by atoms with van der Waals surface area (Å²) >= 11 is 5.23. The Balaban J connectivity index is 2.56. The van der Waals surface area contributed by atoms with Gasteiger partial charge in [-0.1, -0.05) is 6.92 Å². The SMILES string of the molecule is CCC1(O)CN(S(=O)(=O)CCl)C1. The first-order valence-corrected chi connectivity index (χ1v) is 5.84. The number of β-amino-alcohol motifs (C(OH)–C–C–N with tert-alkyl or cyclic N) is 1. The first-order valence-electron chi connectivity index (χ1n) is 3.70. The first-order chi connectivity index (χ1) is 5.43. The molecule has 0 spiro atoms. The van der Waals surface area contributed by atoms with Crippen molar-refractivity contribution in [3.05, 3.63) is 0 Å². The second-order valence-electron chi connectivity index (χ2n) is 3.07. The maximum Gasteiger partial charge on any atom is 0.228 e. The largest absolute Gasteiger partial charge is 0.387 e. The smallest absolute Gasteiger partial charge is 0.228 e. The predicted molar refractivity (Wildman–Crippen MR) is 46.5 cm³/mol. The fraction of sp³-hybridized carbons (Fsp3) is 1.00. The molecule has 1 rings (SSSR count). The van der Waals surface area contributed by atoms with Crippen LogP contribution in [0.5, 0.6) is 0 Å². The molecule has 0 amide bonds. The van der Waals surface area contributed by atoms with Gasteiger partial charge in [-0.25, -0.2) is 8.42 Å². The summed E-state index contributed by atoms with van der Waals surface area (Å²) in [6.45, 7) is 2.18. The number of alkyl halides is 1. The van der Waals surface area contributed by atoms with Crippen LogP contribution in [0.3, 0.4) is 0 Å². The zero-order valence-electron chi connectivity index (χ0n) is 6.83. The van der Waals surface area contributed by atoms with Crippen molar-refractivity contribution in [3.8, 4) is 0 Å². The van der Waals surface area contributed by atoms with Crippen LogP contribution in [0.15, 0.2) is 0 Å². The highest BCUT2D eigenvalue weighted by molar-refractivity contribution is 7.90. The summed E-state index contributed by atoms with van der Waals surface area (Å²) in [7, 11) is -3.30. The van der Waals surface area contributed by atoms with Crippen molar-refractivity contribution in [1.29, 1.82) is 0 Å². The zero-order chi connectivity index (χ0) is 9.41. The molecule has 1 fully saturated rings. The number of sulfonamides is 1. The molecule has 0 bridgehead atoms. The molecule has 6 heteroatoms. The molecule has 4 nitrogen and oxygen atoms in total. The third-order valence-corrected chi connectivity index (χ3v) is 4.28. The molecule has 0 saturated carbocycles. The standard InChI is InChI=1S/C6H12ClNO3S/c1-2-6(9)3-8(4-6)12(10,11)5-7/h9H,2-5H2,1H3. The van der Waals surface area contributed by atoms with Gasteiger partial charge >= 0.3 is 0 Å². The number of rotatable bonds is 3. The minimum atomic E-state index is -3.30. The van der Waals surface area contributed by atoms with Gasteiger partial charge in [0.1, 0.15) is 5.21 Å². The van der Waals surface area contributed by atoms with E-state index in [2.05, 4.69) is 0 Å². The van der Waals surface area contributed by atoms with E-state index in [0.717, 1.165) is 0 Å². The molecule has 0 aromatic rings. The van der Waals surface area contributed by atoms with Crippen LogP contribution < -0.4 is 0 Å². The molecule has 1 saturated heterocycles. The van der Waals surface area contributed by atoms with Gasteiger partial charge < -0.3 is 5.11 Å². The van der Waals surface area contributed by atoms with Gasteiger partial charge in [0.15, 0.2) is 0 Å². The third-order valence-electron chi connectivity index (χ3n) is 2.13. The number of hydrogen-bond acceptors (Lipinski definition) is 3. The van der Waals surface area contributed by atoms with Gasteiger partial charge in [-0.15, -0.1) is 11.6 Å². The van der Waals surface area contributed by atoms with E-state index < -0.39 is 20.8 Å². The number of aliphatic hydroxyl groups is 1. The lowest BCUT2D eigenvalue weighted by atomic mass is 9.94. The van der Waals surface area contributed by atoms with Gasteiger partial charge in [0, 0.05) is 13.1 Å². The maximum atomic E-state index is 11.1. The summed E-state index contributed by atoms with van der Waals surface area (Å²) < 4.78 is 23.3. The van der Waals surface area contributed by atoms with E-state index in [-0.39, 0.29) is 13.1 Å². The van der Waals surface area contributed by atoms with Crippen molar-refractivity contribution in [2.45, 2.75) is 18.9 Å². The van der Waals surface area contributed by atoms with Gasteiger partial charge in [-0.05, 0) is 6.42 Å². The Morgan fingerprint density at radius 1 is 1.58 bits per heavy atom. The lowest BCUT2D eigenvalue weighted by Crippen LogP contribution is -2.63. The van der Waals surface area contributed by atoms with Crippen LogP contribution in [0, 0.1) is 0 Å². The Morgan fingerprint density at radius 3 is 2.42 bits per heavy atom. The fourth-order valence-electron chi connectivity index (χ4n) is 1.10. The Kier molecular flexibility index (Phi) is 2.68. The van der Waals surface area contributed by atoms with E-state index in [9.17, 15) is 13.5 Å². The second-order valence-corrected chi connectivity index (χ2v) is 5.62. The fourth-order valence-corrected chi connectivity index (χ4v) is 2.53. The van der Waals surface area contributed by atoms with Crippen LogP contribution in [0.2, 0.25) is 0 Å². The molecule has 72 valence electrons. The lowest BCUT2D eigenvalue weighted by molar-refractivity contribution is -0.0611. The van der Waals surface area contributed by atoms with Crippen LogP contribution in [-0.4, -0.2) is 41.7 Å². The normalized spacial score (nSPS) is 23.6. The quantitative estimate of drug-likeness (QED) is 0.670. The molecule has 1 aliphatic rings. The number of hydrogen-bond donors (Lipinski definition) is 1. The van der Waals surface area contributed by atoms with Crippen LogP contribution >= 0.6 is 11.6 Å². The first kappa shape index (κ1) is 10.2. The molecular formula is C6H12ClNO3S. The summed E-state index contributed by atoms with van der Waals surface area (Å²) in [4.78, 5) is 0. The van der Waals surface area contributed by atoms with Crippen molar-refractivity contribution in [2.75, 3.05) is 18.3 Å². The zero-order valence-corrected chi connectivity index (χ0v) is 8.40. The minimum absolute atomic E-state index is 0.179. The van der Waals surface area contributed by atoms with E-state index in [1.54, 1.807) is 0 Å².